The number of hydrazone groups is 1. The molecule has 0 bridgehead atoms. The van der Waals surface area contributed by atoms with E-state index < -0.39 is 0 Å². The van der Waals surface area contributed by atoms with E-state index in [1.807, 2.05) is 0 Å². The summed E-state index contributed by atoms with van der Waals surface area (Å²) < 4.78 is 0.906. The molecular weight excluding hydrogens is 363 g/mol. The first-order chi connectivity index (χ1) is 9.58. The molecule has 0 aromatic heterocycles. The fourth-order valence-electron chi connectivity index (χ4n) is 1.45. The van der Waals surface area contributed by atoms with Crippen molar-refractivity contribution in [3.63, 3.8) is 0 Å². The topological polar surface area (TPSA) is 41.5 Å². The van der Waals surface area contributed by atoms with Gasteiger partial charge in [-0.3, -0.25) is 4.79 Å². The molecule has 20 heavy (non-hydrogen) atoms. The molecule has 0 heterocycles. The molecule has 2 aromatic carbocycles. The summed E-state index contributed by atoms with van der Waals surface area (Å²) in [5, 5.41) is 4.70. The molecule has 102 valence electrons. The number of nitrogens with zero attached hydrogens (tertiary/aromatic N) is 1. The van der Waals surface area contributed by atoms with Crippen LogP contribution in [0.15, 0.2) is 52.0 Å². The molecule has 6 heteroatoms. The molecule has 2 rings (SSSR count). The molecule has 0 radical (unpaired) electrons. The average molecular weight is 372 g/mol. The Balaban J connectivity index is 2.04. The predicted molar refractivity (Wildman–Crippen MR) is 85.7 cm³/mol. The third-order valence-corrected chi connectivity index (χ3v) is 3.82. The first-order valence-electron chi connectivity index (χ1n) is 5.61. The molecule has 0 aliphatic carbocycles. The van der Waals surface area contributed by atoms with Crippen molar-refractivity contribution in [1.29, 1.82) is 0 Å². The summed E-state index contributed by atoms with van der Waals surface area (Å²) in [6, 6.07) is 12.2. The van der Waals surface area contributed by atoms with Gasteiger partial charge in [0.2, 0.25) is 0 Å². The second kappa shape index (κ2) is 6.88. The van der Waals surface area contributed by atoms with Crippen LogP contribution in [-0.2, 0) is 0 Å². The van der Waals surface area contributed by atoms with Crippen LogP contribution < -0.4 is 5.43 Å². The summed E-state index contributed by atoms with van der Waals surface area (Å²) in [6.07, 6.45) is 1.45. The van der Waals surface area contributed by atoms with Gasteiger partial charge < -0.3 is 0 Å². The maximum atomic E-state index is 11.8. The SMILES string of the molecule is O=C(N/N=C\c1cccc(Cl)c1Cl)c1ccc(Br)cc1. The lowest BCUT2D eigenvalue weighted by Gasteiger charge is -2.01. The van der Waals surface area contributed by atoms with Crippen molar-refractivity contribution in [3.8, 4) is 0 Å². The minimum atomic E-state index is -0.299. The van der Waals surface area contributed by atoms with Crippen molar-refractivity contribution in [3.05, 3.63) is 68.1 Å². The van der Waals surface area contributed by atoms with Crippen LogP contribution in [0.3, 0.4) is 0 Å². The summed E-state index contributed by atoms with van der Waals surface area (Å²) in [5.74, 6) is -0.299. The monoisotopic (exact) mass is 370 g/mol. The average Bonchev–Trinajstić information content (AvgIpc) is 2.44. The Bertz CT molecular complexity index is 657. The zero-order valence-corrected chi connectivity index (χ0v) is 13.2. The molecule has 0 fully saturated rings. The highest BCUT2D eigenvalue weighted by Gasteiger charge is 2.04. The first-order valence-corrected chi connectivity index (χ1v) is 7.16. The van der Waals surface area contributed by atoms with E-state index >= 15 is 0 Å². The minimum Gasteiger partial charge on any atom is -0.267 e. The largest absolute Gasteiger partial charge is 0.271 e. The van der Waals surface area contributed by atoms with Crippen molar-refractivity contribution >= 4 is 51.3 Å². The second-order valence-electron chi connectivity index (χ2n) is 3.85. The molecule has 0 aliphatic heterocycles. The number of halogens is 3. The van der Waals surface area contributed by atoms with Crippen LogP contribution in [0.5, 0.6) is 0 Å². The number of rotatable bonds is 3. The standard InChI is InChI=1S/C14H9BrCl2N2O/c15-11-6-4-9(5-7-11)14(20)19-18-8-10-2-1-3-12(16)13(10)17/h1-8H,(H,19,20)/b18-8-. The number of hydrogen-bond donors (Lipinski definition) is 1. The van der Waals surface area contributed by atoms with E-state index in [1.165, 1.54) is 6.21 Å². The smallest absolute Gasteiger partial charge is 0.267 e. The van der Waals surface area contributed by atoms with Gasteiger partial charge in [-0.25, -0.2) is 5.43 Å². The van der Waals surface area contributed by atoms with Gasteiger partial charge in [-0.2, -0.15) is 5.10 Å². The Labute approximate surface area is 134 Å². The van der Waals surface area contributed by atoms with Crippen molar-refractivity contribution in [2.24, 2.45) is 5.10 Å². The highest BCUT2D eigenvalue weighted by molar-refractivity contribution is 9.10. The van der Waals surface area contributed by atoms with Gasteiger partial charge in [0.1, 0.15) is 0 Å². The van der Waals surface area contributed by atoms with Crippen LogP contribution in [0, 0.1) is 0 Å². The van der Waals surface area contributed by atoms with Crippen molar-refractivity contribution in [2.75, 3.05) is 0 Å². The van der Waals surface area contributed by atoms with Gasteiger partial charge in [0, 0.05) is 15.6 Å². The van der Waals surface area contributed by atoms with Gasteiger partial charge in [0.05, 0.1) is 16.3 Å². The van der Waals surface area contributed by atoms with Crippen LogP contribution in [0.25, 0.3) is 0 Å². The Kier molecular flexibility index (Phi) is 5.17. The summed E-state index contributed by atoms with van der Waals surface area (Å²) in [5.41, 5.74) is 3.58. The zero-order chi connectivity index (χ0) is 14.5. The number of carbonyl (C=O) groups is 1. The van der Waals surface area contributed by atoms with E-state index in [0.29, 0.717) is 21.2 Å². The van der Waals surface area contributed by atoms with Gasteiger partial charge in [0.15, 0.2) is 0 Å². The number of amides is 1. The summed E-state index contributed by atoms with van der Waals surface area (Å²) in [6.45, 7) is 0. The zero-order valence-electron chi connectivity index (χ0n) is 10.1. The number of hydrogen-bond acceptors (Lipinski definition) is 2. The fraction of sp³-hybridized carbons (Fsp3) is 0. The van der Waals surface area contributed by atoms with Gasteiger partial charge >= 0.3 is 0 Å². The Hall–Kier alpha value is -1.36. The lowest BCUT2D eigenvalue weighted by molar-refractivity contribution is 0.0955. The van der Waals surface area contributed by atoms with Crippen molar-refractivity contribution < 1.29 is 4.79 Å². The summed E-state index contributed by atoms with van der Waals surface area (Å²) >= 11 is 15.2. The second-order valence-corrected chi connectivity index (χ2v) is 5.55. The third-order valence-electron chi connectivity index (χ3n) is 2.46. The van der Waals surface area contributed by atoms with E-state index in [2.05, 4.69) is 26.5 Å². The molecule has 0 saturated carbocycles. The van der Waals surface area contributed by atoms with E-state index in [4.69, 9.17) is 23.2 Å². The maximum absolute atomic E-state index is 11.8. The Morgan fingerprint density at radius 1 is 1.15 bits per heavy atom. The molecule has 0 saturated heterocycles. The van der Waals surface area contributed by atoms with E-state index in [0.717, 1.165) is 4.47 Å². The van der Waals surface area contributed by atoms with Gasteiger partial charge in [-0.05, 0) is 30.3 Å². The number of benzene rings is 2. The summed E-state index contributed by atoms with van der Waals surface area (Å²) in [4.78, 5) is 11.8. The molecular formula is C14H9BrCl2N2O. The van der Waals surface area contributed by atoms with Gasteiger partial charge in [-0.15, -0.1) is 0 Å². The van der Waals surface area contributed by atoms with E-state index in [-0.39, 0.29) is 5.91 Å². The molecule has 0 unspecified atom stereocenters. The molecule has 0 spiro atoms. The molecule has 1 N–H and O–H groups in total. The Morgan fingerprint density at radius 2 is 1.85 bits per heavy atom. The quantitative estimate of drug-likeness (QED) is 0.625. The molecule has 2 aromatic rings. The van der Waals surface area contributed by atoms with Crippen LogP contribution in [0.4, 0.5) is 0 Å². The molecule has 0 aliphatic rings. The van der Waals surface area contributed by atoms with Crippen molar-refractivity contribution in [1.82, 2.24) is 5.43 Å². The Morgan fingerprint density at radius 3 is 2.55 bits per heavy atom. The highest BCUT2D eigenvalue weighted by Crippen LogP contribution is 2.24. The molecule has 3 nitrogen and oxygen atoms in total. The maximum Gasteiger partial charge on any atom is 0.271 e. The lowest BCUT2D eigenvalue weighted by atomic mass is 10.2. The van der Waals surface area contributed by atoms with Crippen LogP contribution in [-0.4, -0.2) is 12.1 Å². The van der Waals surface area contributed by atoms with Crippen molar-refractivity contribution in [2.45, 2.75) is 0 Å². The highest BCUT2D eigenvalue weighted by atomic mass is 79.9. The molecule has 1 amide bonds. The lowest BCUT2D eigenvalue weighted by Crippen LogP contribution is -2.17. The normalized spacial score (nSPS) is 10.8. The van der Waals surface area contributed by atoms with Crippen LogP contribution in [0.1, 0.15) is 15.9 Å². The predicted octanol–water partition coefficient (Wildman–Crippen LogP) is 4.52. The van der Waals surface area contributed by atoms with E-state index in [1.54, 1.807) is 42.5 Å². The number of nitrogens with one attached hydrogen (secondary N) is 1. The van der Waals surface area contributed by atoms with Crippen LogP contribution in [0.2, 0.25) is 10.0 Å². The number of carbonyl (C=O) groups excluding carboxylic acids is 1. The fourth-order valence-corrected chi connectivity index (χ4v) is 2.07. The van der Waals surface area contributed by atoms with Gasteiger partial charge in [0.25, 0.3) is 5.91 Å². The minimum absolute atomic E-state index is 0.299. The summed E-state index contributed by atoms with van der Waals surface area (Å²) in [7, 11) is 0. The van der Waals surface area contributed by atoms with Gasteiger partial charge in [-0.1, -0.05) is 51.3 Å². The first kappa shape index (κ1) is 15.0. The third kappa shape index (κ3) is 3.82. The van der Waals surface area contributed by atoms with Crippen LogP contribution >= 0.6 is 39.1 Å². The molecule has 0 atom stereocenters. The van der Waals surface area contributed by atoms with E-state index in [9.17, 15) is 4.79 Å².